The van der Waals surface area contributed by atoms with E-state index in [2.05, 4.69) is 0 Å². The highest BCUT2D eigenvalue weighted by Gasteiger charge is 2.58. The van der Waals surface area contributed by atoms with Gasteiger partial charge in [0.2, 0.25) is 0 Å². The SMILES string of the molecule is C[C@@]1(O)[C@H]2C[C@H]3C[C@@H]1CC[C@@H](C2)[C@]3(C)O.O=C(O)c1ccccc1. The summed E-state index contributed by atoms with van der Waals surface area (Å²) in [7, 11) is 0. The molecular formula is C20H28O4. The van der Waals surface area contributed by atoms with Crippen LogP contribution in [0.25, 0.3) is 0 Å². The number of carboxylic acids is 1. The number of aliphatic hydroxyl groups is 2. The van der Waals surface area contributed by atoms with E-state index in [9.17, 15) is 15.0 Å². The fourth-order valence-electron chi connectivity index (χ4n) is 5.12. The van der Waals surface area contributed by atoms with Crippen molar-refractivity contribution in [2.24, 2.45) is 23.7 Å². The molecule has 4 aliphatic carbocycles. The molecule has 0 spiro atoms. The van der Waals surface area contributed by atoms with Crippen LogP contribution in [0.4, 0.5) is 0 Å². The summed E-state index contributed by atoms with van der Waals surface area (Å²) < 4.78 is 0. The van der Waals surface area contributed by atoms with E-state index in [1.807, 2.05) is 13.8 Å². The van der Waals surface area contributed by atoms with Crippen LogP contribution in [0, 0.1) is 23.7 Å². The monoisotopic (exact) mass is 332 g/mol. The molecule has 0 unspecified atom stereocenters. The minimum Gasteiger partial charge on any atom is -0.478 e. The molecule has 5 rings (SSSR count). The van der Waals surface area contributed by atoms with Gasteiger partial charge in [0.1, 0.15) is 0 Å². The molecule has 0 aliphatic heterocycles. The lowest BCUT2D eigenvalue weighted by molar-refractivity contribution is -0.168. The first kappa shape index (κ1) is 17.4. The van der Waals surface area contributed by atoms with Crippen LogP contribution >= 0.6 is 0 Å². The Labute approximate surface area is 143 Å². The van der Waals surface area contributed by atoms with Crippen molar-refractivity contribution >= 4 is 5.97 Å². The molecule has 4 bridgehead atoms. The van der Waals surface area contributed by atoms with E-state index in [0.29, 0.717) is 29.2 Å². The number of benzene rings is 1. The van der Waals surface area contributed by atoms with Crippen molar-refractivity contribution < 1.29 is 20.1 Å². The second-order valence-electron chi connectivity index (χ2n) is 8.19. The molecule has 0 radical (unpaired) electrons. The van der Waals surface area contributed by atoms with Crippen LogP contribution in [-0.4, -0.2) is 32.5 Å². The molecule has 0 saturated heterocycles. The number of hydrogen-bond donors (Lipinski definition) is 3. The van der Waals surface area contributed by atoms with Gasteiger partial charge in [0, 0.05) is 0 Å². The first-order valence-electron chi connectivity index (χ1n) is 8.96. The minimum absolute atomic E-state index is 0.331. The first-order chi connectivity index (χ1) is 11.2. The van der Waals surface area contributed by atoms with Crippen molar-refractivity contribution in [1.29, 1.82) is 0 Å². The first-order valence-corrected chi connectivity index (χ1v) is 8.96. The largest absolute Gasteiger partial charge is 0.478 e. The van der Waals surface area contributed by atoms with Gasteiger partial charge in [0.25, 0.3) is 0 Å². The third-order valence-corrected chi connectivity index (χ3v) is 6.90. The van der Waals surface area contributed by atoms with Gasteiger partial charge < -0.3 is 15.3 Å². The Morgan fingerprint density at radius 3 is 1.67 bits per heavy atom. The highest BCUT2D eigenvalue weighted by atomic mass is 16.4. The minimum atomic E-state index is -0.879. The van der Waals surface area contributed by atoms with Gasteiger partial charge in [0.05, 0.1) is 16.8 Å². The van der Waals surface area contributed by atoms with E-state index in [4.69, 9.17) is 5.11 Å². The molecule has 132 valence electrons. The van der Waals surface area contributed by atoms with Gasteiger partial charge in [-0.2, -0.15) is 0 Å². The van der Waals surface area contributed by atoms with Crippen LogP contribution in [0.5, 0.6) is 0 Å². The second-order valence-corrected chi connectivity index (χ2v) is 8.19. The highest BCUT2D eigenvalue weighted by Crippen LogP contribution is 2.59. The molecular weight excluding hydrogens is 304 g/mol. The summed E-state index contributed by atoms with van der Waals surface area (Å²) in [5, 5.41) is 29.5. The molecule has 4 nitrogen and oxygen atoms in total. The van der Waals surface area contributed by atoms with Crippen LogP contribution in [0.1, 0.15) is 56.3 Å². The van der Waals surface area contributed by atoms with Gasteiger partial charge in [-0.1, -0.05) is 18.2 Å². The average molecular weight is 332 g/mol. The Hall–Kier alpha value is -1.39. The molecule has 4 heteroatoms. The smallest absolute Gasteiger partial charge is 0.335 e. The third-order valence-electron chi connectivity index (χ3n) is 6.90. The molecule has 0 aromatic heterocycles. The molecule has 24 heavy (non-hydrogen) atoms. The maximum absolute atomic E-state index is 10.6. The van der Waals surface area contributed by atoms with Crippen molar-refractivity contribution in [2.45, 2.75) is 57.2 Å². The molecule has 0 amide bonds. The fraction of sp³-hybridized carbons (Fsp3) is 0.650. The van der Waals surface area contributed by atoms with E-state index in [0.717, 1.165) is 32.1 Å². The lowest BCUT2D eigenvalue weighted by atomic mass is 9.56. The summed E-state index contributed by atoms with van der Waals surface area (Å²) in [6.07, 6.45) is 5.33. The molecule has 1 aromatic rings. The van der Waals surface area contributed by atoms with E-state index in [1.165, 1.54) is 0 Å². The van der Waals surface area contributed by atoms with Crippen molar-refractivity contribution in [3.8, 4) is 0 Å². The zero-order chi connectivity index (χ0) is 17.5. The van der Waals surface area contributed by atoms with Gasteiger partial charge in [0.15, 0.2) is 0 Å². The zero-order valence-corrected chi connectivity index (χ0v) is 14.5. The lowest BCUT2D eigenvalue weighted by Gasteiger charge is -2.54. The number of carboxylic acid groups (broad SMARTS) is 1. The summed E-state index contributed by atoms with van der Waals surface area (Å²) in [5.74, 6) is 0.860. The number of fused-ring (bicyclic) bond motifs is 1. The van der Waals surface area contributed by atoms with Gasteiger partial charge in [-0.25, -0.2) is 4.79 Å². The van der Waals surface area contributed by atoms with Crippen LogP contribution in [0.2, 0.25) is 0 Å². The lowest BCUT2D eigenvalue weighted by Crippen LogP contribution is -2.56. The van der Waals surface area contributed by atoms with Crippen molar-refractivity contribution in [3.05, 3.63) is 35.9 Å². The maximum atomic E-state index is 10.6. The van der Waals surface area contributed by atoms with Gasteiger partial charge in [-0.05, 0) is 81.8 Å². The molecule has 4 saturated carbocycles. The topological polar surface area (TPSA) is 77.8 Å². The maximum Gasteiger partial charge on any atom is 0.335 e. The summed E-state index contributed by atoms with van der Waals surface area (Å²) in [4.78, 5) is 10.2. The van der Waals surface area contributed by atoms with E-state index >= 15 is 0 Å². The summed E-state index contributed by atoms with van der Waals surface area (Å²) in [6.45, 7) is 4.06. The predicted octanol–water partition coefficient (Wildman–Crippen LogP) is 3.33. The third kappa shape index (κ3) is 2.98. The summed E-state index contributed by atoms with van der Waals surface area (Å²) in [6, 6.07) is 8.30. The average Bonchev–Trinajstić information content (AvgIpc) is 2.67. The molecule has 4 fully saturated rings. The Kier molecular flexibility index (Phi) is 4.47. The van der Waals surface area contributed by atoms with Gasteiger partial charge >= 0.3 is 5.97 Å². The van der Waals surface area contributed by atoms with Gasteiger partial charge in [-0.3, -0.25) is 0 Å². The Balaban J connectivity index is 0.000000162. The summed E-state index contributed by atoms with van der Waals surface area (Å²) >= 11 is 0. The van der Waals surface area contributed by atoms with Crippen LogP contribution in [-0.2, 0) is 0 Å². The van der Waals surface area contributed by atoms with Crippen molar-refractivity contribution in [1.82, 2.24) is 0 Å². The fourth-order valence-corrected chi connectivity index (χ4v) is 5.12. The number of aromatic carboxylic acids is 1. The normalized spacial score (nSPS) is 42.8. The van der Waals surface area contributed by atoms with E-state index < -0.39 is 17.2 Å². The quantitative estimate of drug-likeness (QED) is 0.737. The van der Waals surface area contributed by atoms with Crippen LogP contribution < -0.4 is 0 Å². The Morgan fingerprint density at radius 1 is 0.875 bits per heavy atom. The molecule has 0 heterocycles. The number of hydrogen-bond acceptors (Lipinski definition) is 3. The standard InChI is InChI=1S/C13H22O2.C7H6O2/c1-12(14)8-3-4-9-6-10(12)7-11(5-8)13(9,2)15;8-7(9)6-4-2-1-3-5-6/h8-11,14-15H,3-7H2,1-2H3;1-5H,(H,8,9)/t8-,9-,10+,11+,12-,13-;/m0./s1. The second kappa shape index (κ2) is 6.16. The Bertz CT molecular complexity index is 553. The van der Waals surface area contributed by atoms with E-state index in [-0.39, 0.29) is 0 Å². The van der Waals surface area contributed by atoms with Crippen LogP contribution in [0.3, 0.4) is 0 Å². The van der Waals surface area contributed by atoms with Gasteiger partial charge in [-0.15, -0.1) is 0 Å². The molecule has 6 atom stereocenters. The van der Waals surface area contributed by atoms with Crippen molar-refractivity contribution in [3.63, 3.8) is 0 Å². The summed E-state index contributed by atoms with van der Waals surface area (Å²) in [5.41, 5.74) is -0.582. The Morgan fingerprint density at radius 2 is 1.29 bits per heavy atom. The van der Waals surface area contributed by atoms with Crippen LogP contribution in [0.15, 0.2) is 30.3 Å². The number of carbonyl (C=O) groups is 1. The number of rotatable bonds is 1. The van der Waals surface area contributed by atoms with Crippen molar-refractivity contribution in [2.75, 3.05) is 0 Å². The molecule has 4 aliphatic rings. The molecule has 1 aromatic carbocycles. The molecule has 3 N–H and O–H groups in total. The highest BCUT2D eigenvalue weighted by molar-refractivity contribution is 5.87. The predicted molar refractivity (Wildman–Crippen MR) is 91.7 cm³/mol. The van der Waals surface area contributed by atoms with E-state index in [1.54, 1.807) is 30.3 Å². The zero-order valence-electron chi connectivity index (χ0n) is 14.5.